The maximum Gasteiger partial charge on any atom is 1.00 e. The molecule has 0 fully saturated rings. The van der Waals surface area contributed by atoms with Gasteiger partial charge in [0, 0.05) is 49.5 Å². The van der Waals surface area contributed by atoms with Crippen LogP contribution in [0.2, 0.25) is 0 Å². The molecule has 0 aromatic carbocycles. The van der Waals surface area contributed by atoms with Crippen molar-refractivity contribution in [3.05, 3.63) is 0 Å². The standard InChI is InChI=1S/C7HClO4.C6H15NO2.CH4.H3N/c8-7(9)11-5-3-1-2-4-6-12-10;1-8-6(9-2)4-3-5-7;;/h10H;6H,3-5,7H2,1-2H3;1H4;1H3/p+1. The van der Waals surface area contributed by atoms with Gasteiger partial charge in [0.05, 0.1) is 0 Å². The number of rotatable bonds is 5. The molecule has 0 aliphatic rings. The van der Waals surface area contributed by atoms with E-state index in [1.807, 2.05) is 6.11 Å². The molecule has 0 aliphatic carbocycles. The van der Waals surface area contributed by atoms with Crippen LogP contribution in [0, 0.1) is 35.9 Å². The van der Waals surface area contributed by atoms with Crippen LogP contribution in [0.25, 0.3) is 0 Å². The van der Waals surface area contributed by atoms with Crippen molar-refractivity contribution in [2.75, 3.05) is 20.8 Å². The first-order valence-electron chi connectivity index (χ1n) is 5.54. The summed E-state index contributed by atoms with van der Waals surface area (Å²) in [6, 6.07) is 0. The molecule has 0 aromatic heterocycles. The van der Waals surface area contributed by atoms with E-state index in [-0.39, 0.29) is 21.3 Å². The summed E-state index contributed by atoms with van der Waals surface area (Å²) in [6.07, 6.45) is 5.42. The topological polar surface area (TPSA) is 135 Å². The third-order valence-corrected chi connectivity index (χ3v) is 1.71. The molecule has 0 spiro atoms. The van der Waals surface area contributed by atoms with Crippen molar-refractivity contribution in [3.8, 4) is 35.9 Å². The van der Waals surface area contributed by atoms with Crippen LogP contribution in [0.4, 0.5) is 4.79 Å². The van der Waals surface area contributed by atoms with Gasteiger partial charge in [0.15, 0.2) is 12.4 Å². The second-order valence-electron chi connectivity index (χ2n) is 2.97. The Morgan fingerprint density at radius 1 is 1.22 bits per heavy atom. The van der Waals surface area contributed by atoms with Gasteiger partial charge in [0.2, 0.25) is 0 Å². The van der Waals surface area contributed by atoms with Gasteiger partial charge in [-0.15, -0.1) is 0 Å². The first-order valence-corrected chi connectivity index (χ1v) is 5.92. The highest BCUT2D eigenvalue weighted by atomic mass is 35.5. The summed E-state index contributed by atoms with van der Waals surface area (Å²) in [7, 11) is 3.26. The van der Waals surface area contributed by atoms with Gasteiger partial charge in [-0.25, -0.2) is 4.79 Å². The number of methoxy groups -OCH3 is 2. The predicted molar refractivity (Wildman–Crippen MR) is 88.3 cm³/mol. The third kappa shape index (κ3) is 28.8. The molecule has 0 saturated heterocycles. The summed E-state index contributed by atoms with van der Waals surface area (Å²) in [6.45, 7) is 0.698. The molecule has 23 heavy (non-hydrogen) atoms. The molecule has 0 atom stereocenters. The highest BCUT2D eigenvalue weighted by Crippen LogP contribution is 1.99. The molecule has 132 valence electrons. The molecule has 6 N–H and O–H groups in total. The van der Waals surface area contributed by atoms with Crippen molar-refractivity contribution in [3.63, 3.8) is 0 Å². The van der Waals surface area contributed by atoms with E-state index in [2.05, 4.69) is 33.3 Å². The summed E-state index contributed by atoms with van der Waals surface area (Å²) in [5, 5.41) is 7.68. The minimum atomic E-state index is -1.03. The number of hydrogen-bond donors (Lipinski definition) is 3. The summed E-state index contributed by atoms with van der Waals surface area (Å²) >= 11 is 4.75. The molecular formula is C14H24ClN2O6+. The highest BCUT2D eigenvalue weighted by molar-refractivity contribution is 6.61. The minimum absolute atomic E-state index is 0. The van der Waals surface area contributed by atoms with Crippen molar-refractivity contribution in [1.82, 2.24) is 6.15 Å². The van der Waals surface area contributed by atoms with Crippen LogP contribution >= 0.6 is 11.6 Å². The summed E-state index contributed by atoms with van der Waals surface area (Å²) in [5.41, 5.74) is 4.24. The SMILES string of the molecule is C.COC(CCCN)OC.N.O=C(Cl)OC#CC#CC#COO.[H+]. The van der Waals surface area contributed by atoms with Gasteiger partial charge < -0.3 is 26.1 Å². The van der Waals surface area contributed by atoms with Gasteiger partial charge in [-0.05, 0) is 19.4 Å². The molecule has 0 bridgehead atoms. The Morgan fingerprint density at radius 3 is 2.13 bits per heavy atom. The Bertz CT molecular complexity index is 455. The Kier molecular flexibility index (Phi) is 31.7. The zero-order chi connectivity index (χ0) is 16.3. The smallest absolute Gasteiger partial charge is 0.359 e. The Labute approximate surface area is 143 Å². The minimum Gasteiger partial charge on any atom is -0.359 e. The van der Waals surface area contributed by atoms with Crippen molar-refractivity contribution in [1.29, 1.82) is 0 Å². The Morgan fingerprint density at radius 2 is 1.74 bits per heavy atom. The van der Waals surface area contributed by atoms with Crippen molar-refractivity contribution in [2.45, 2.75) is 26.6 Å². The van der Waals surface area contributed by atoms with E-state index < -0.39 is 5.43 Å². The molecular weight excluding hydrogens is 328 g/mol. The van der Waals surface area contributed by atoms with E-state index in [0.29, 0.717) is 6.54 Å². The van der Waals surface area contributed by atoms with Gasteiger partial charge in [0.1, 0.15) is 6.11 Å². The molecule has 0 aliphatic heterocycles. The number of hydrogen-bond acceptors (Lipinski definition) is 8. The predicted octanol–water partition coefficient (Wildman–Crippen LogP) is 2.03. The zero-order valence-electron chi connectivity index (χ0n) is 13.3. The average molecular weight is 352 g/mol. The lowest BCUT2D eigenvalue weighted by atomic mass is 10.3. The lowest BCUT2D eigenvalue weighted by Gasteiger charge is -2.11. The maximum atomic E-state index is 9.89. The number of carbonyl (C=O) groups excluding carboxylic acids is 1. The molecule has 0 saturated carbocycles. The van der Waals surface area contributed by atoms with E-state index in [1.54, 1.807) is 20.3 Å². The van der Waals surface area contributed by atoms with E-state index in [1.165, 1.54) is 0 Å². The maximum absolute atomic E-state index is 9.89. The Balaban J connectivity index is -0.0000000918. The van der Waals surface area contributed by atoms with E-state index in [4.69, 9.17) is 32.1 Å². The normalized spacial score (nSPS) is 7.04. The molecule has 0 rings (SSSR count). The lowest BCUT2D eigenvalue weighted by Crippen LogP contribution is -2.14. The van der Waals surface area contributed by atoms with Crippen molar-refractivity contribution < 1.29 is 30.6 Å². The molecule has 0 heterocycles. The lowest BCUT2D eigenvalue weighted by molar-refractivity contribution is -0.171. The van der Waals surface area contributed by atoms with Crippen LogP contribution in [0.1, 0.15) is 21.7 Å². The summed E-state index contributed by atoms with van der Waals surface area (Å²) < 4.78 is 13.8. The quantitative estimate of drug-likeness (QED) is 0.225. The number of halogens is 1. The van der Waals surface area contributed by atoms with Gasteiger partial charge in [-0.3, -0.25) is 4.89 Å². The fourth-order valence-corrected chi connectivity index (χ4v) is 0.857. The molecule has 9 heteroatoms. The molecule has 0 amide bonds. The largest absolute Gasteiger partial charge is 1.00 e. The molecule has 0 unspecified atom stereocenters. The number of nitrogens with two attached hydrogens (primary N) is 1. The van der Waals surface area contributed by atoms with Gasteiger partial charge >= 0.3 is 6.86 Å². The van der Waals surface area contributed by atoms with Crippen LogP contribution < -0.4 is 11.9 Å². The second-order valence-corrected chi connectivity index (χ2v) is 3.28. The fourth-order valence-electron chi connectivity index (χ4n) is 0.818. The first-order chi connectivity index (χ1) is 10.1. The Hall–Kier alpha value is -1.96. The van der Waals surface area contributed by atoms with Crippen LogP contribution in [0.15, 0.2) is 0 Å². The van der Waals surface area contributed by atoms with Crippen LogP contribution in [-0.2, 0) is 19.1 Å². The molecule has 8 nitrogen and oxygen atoms in total. The van der Waals surface area contributed by atoms with Crippen LogP contribution in [0.5, 0.6) is 0 Å². The van der Waals surface area contributed by atoms with Crippen molar-refractivity contribution >= 4 is 17.0 Å². The van der Waals surface area contributed by atoms with E-state index in [0.717, 1.165) is 12.8 Å². The summed E-state index contributed by atoms with van der Waals surface area (Å²) in [4.78, 5) is 13.3. The van der Waals surface area contributed by atoms with E-state index in [9.17, 15) is 4.79 Å². The van der Waals surface area contributed by atoms with Crippen LogP contribution in [-0.4, -0.2) is 37.7 Å². The number of ether oxygens (including phenoxy) is 3. The monoisotopic (exact) mass is 351 g/mol. The average Bonchev–Trinajstić information content (AvgIpc) is 2.48. The van der Waals surface area contributed by atoms with Gasteiger partial charge in [-0.1, -0.05) is 7.43 Å². The fraction of sp³-hybridized carbons (Fsp3) is 0.500. The third-order valence-electron chi connectivity index (χ3n) is 1.64. The first kappa shape index (κ1) is 29.1. The molecule has 0 aromatic rings. The van der Waals surface area contributed by atoms with Gasteiger partial charge in [-0.2, -0.15) is 5.26 Å². The van der Waals surface area contributed by atoms with E-state index >= 15 is 0 Å². The zero-order valence-corrected chi connectivity index (χ0v) is 13.1. The highest BCUT2D eigenvalue weighted by Gasteiger charge is 2.01. The number of carbonyl (C=O) groups is 1. The van der Waals surface area contributed by atoms with Crippen molar-refractivity contribution in [2.24, 2.45) is 5.73 Å². The second kappa shape index (κ2) is 25.0. The van der Waals surface area contributed by atoms with Crippen LogP contribution in [0.3, 0.4) is 0 Å². The molecule has 0 radical (unpaired) electrons. The summed E-state index contributed by atoms with van der Waals surface area (Å²) in [5.74, 6) is 8.48. The van der Waals surface area contributed by atoms with Gasteiger partial charge in [0.25, 0.3) is 0 Å².